The molecule has 0 unspecified atom stereocenters. The van der Waals surface area contributed by atoms with Gasteiger partial charge in [0.15, 0.2) is 0 Å². The summed E-state index contributed by atoms with van der Waals surface area (Å²) in [6.45, 7) is 1.84. The van der Waals surface area contributed by atoms with Crippen LogP contribution in [0.4, 0.5) is 4.39 Å². The van der Waals surface area contributed by atoms with Crippen molar-refractivity contribution in [1.82, 2.24) is 0 Å². The molecule has 0 saturated heterocycles. The van der Waals surface area contributed by atoms with Crippen molar-refractivity contribution >= 4 is 17.3 Å². The van der Waals surface area contributed by atoms with Crippen LogP contribution in [0.1, 0.15) is 15.2 Å². The highest BCUT2D eigenvalue weighted by Crippen LogP contribution is 2.30. The fraction of sp³-hybridized carbons (Fsp3) is 0.0833. The first-order chi connectivity index (χ1) is 7.59. The van der Waals surface area contributed by atoms with Crippen LogP contribution in [0.2, 0.25) is 0 Å². The minimum absolute atomic E-state index is 0.171. The van der Waals surface area contributed by atoms with E-state index in [9.17, 15) is 9.18 Å². The maximum Gasteiger partial charge on any atom is 0.346 e. The van der Waals surface area contributed by atoms with Gasteiger partial charge in [0.25, 0.3) is 0 Å². The van der Waals surface area contributed by atoms with Gasteiger partial charge < -0.3 is 5.11 Å². The van der Waals surface area contributed by atoms with Crippen molar-refractivity contribution in [2.24, 2.45) is 0 Å². The van der Waals surface area contributed by atoms with Crippen molar-refractivity contribution in [1.29, 1.82) is 0 Å². The highest BCUT2D eigenvalue weighted by Gasteiger charge is 2.16. The number of benzene rings is 1. The number of carboxylic acids is 1. The standard InChI is InChI=1S/C12H9FO2S/c1-7-2-3-10(13)9(6-7)8-4-5-16-11(8)12(14)15/h2-6H,1H3,(H,14,15). The third-order valence-electron chi connectivity index (χ3n) is 2.27. The number of aromatic carboxylic acids is 1. The van der Waals surface area contributed by atoms with E-state index in [-0.39, 0.29) is 4.88 Å². The zero-order valence-corrected chi connectivity index (χ0v) is 9.34. The van der Waals surface area contributed by atoms with Gasteiger partial charge in [0.2, 0.25) is 0 Å². The van der Waals surface area contributed by atoms with E-state index < -0.39 is 11.8 Å². The Balaban J connectivity index is 2.62. The Morgan fingerprint density at radius 2 is 2.06 bits per heavy atom. The molecule has 1 heterocycles. The first-order valence-electron chi connectivity index (χ1n) is 4.67. The van der Waals surface area contributed by atoms with Crippen molar-refractivity contribution < 1.29 is 14.3 Å². The van der Waals surface area contributed by atoms with Gasteiger partial charge in [-0.3, -0.25) is 0 Å². The Morgan fingerprint density at radius 3 is 2.75 bits per heavy atom. The maximum absolute atomic E-state index is 13.6. The van der Waals surface area contributed by atoms with Gasteiger partial charge in [-0.05, 0) is 30.5 Å². The fourth-order valence-electron chi connectivity index (χ4n) is 1.53. The maximum atomic E-state index is 13.6. The summed E-state index contributed by atoms with van der Waals surface area (Å²) in [7, 11) is 0. The van der Waals surface area contributed by atoms with Crippen LogP contribution in [-0.2, 0) is 0 Å². The number of aryl methyl sites for hydroxylation is 1. The SMILES string of the molecule is Cc1ccc(F)c(-c2ccsc2C(=O)O)c1. The molecule has 0 atom stereocenters. The summed E-state index contributed by atoms with van der Waals surface area (Å²) in [6, 6.07) is 6.30. The van der Waals surface area contributed by atoms with Crippen LogP contribution in [0.3, 0.4) is 0 Å². The molecule has 2 nitrogen and oxygen atoms in total. The summed E-state index contributed by atoms with van der Waals surface area (Å²) >= 11 is 1.10. The molecule has 2 rings (SSSR count). The van der Waals surface area contributed by atoms with Gasteiger partial charge in [-0.1, -0.05) is 11.6 Å². The summed E-state index contributed by atoms with van der Waals surface area (Å²) in [5.41, 5.74) is 1.69. The van der Waals surface area contributed by atoms with E-state index in [1.165, 1.54) is 6.07 Å². The zero-order valence-electron chi connectivity index (χ0n) is 8.53. The second-order valence-corrected chi connectivity index (χ2v) is 4.37. The van der Waals surface area contributed by atoms with E-state index in [2.05, 4.69) is 0 Å². The number of hydrogen-bond acceptors (Lipinski definition) is 2. The number of hydrogen-bond donors (Lipinski definition) is 1. The predicted molar refractivity (Wildman–Crippen MR) is 61.4 cm³/mol. The molecule has 4 heteroatoms. The van der Waals surface area contributed by atoms with Crippen LogP contribution < -0.4 is 0 Å². The molecule has 1 N–H and O–H groups in total. The summed E-state index contributed by atoms with van der Waals surface area (Å²) in [6.07, 6.45) is 0. The van der Waals surface area contributed by atoms with Crippen molar-refractivity contribution in [2.75, 3.05) is 0 Å². The van der Waals surface area contributed by atoms with Gasteiger partial charge in [-0.2, -0.15) is 0 Å². The number of halogens is 1. The lowest BCUT2D eigenvalue weighted by Gasteiger charge is -2.03. The molecule has 1 aromatic carbocycles. The molecule has 0 fully saturated rings. The van der Waals surface area contributed by atoms with Gasteiger partial charge in [0.1, 0.15) is 10.7 Å². The zero-order chi connectivity index (χ0) is 11.7. The lowest BCUT2D eigenvalue weighted by atomic mass is 10.0. The van der Waals surface area contributed by atoms with Crippen molar-refractivity contribution in [2.45, 2.75) is 6.92 Å². The Hall–Kier alpha value is -1.68. The largest absolute Gasteiger partial charge is 0.477 e. The van der Waals surface area contributed by atoms with Crippen molar-refractivity contribution in [3.63, 3.8) is 0 Å². The fourth-order valence-corrected chi connectivity index (χ4v) is 2.28. The number of carboxylic acid groups (broad SMARTS) is 1. The average Bonchev–Trinajstić information content (AvgIpc) is 2.70. The topological polar surface area (TPSA) is 37.3 Å². The van der Waals surface area contributed by atoms with E-state index in [4.69, 9.17) is 5.11 Å². The number of rotatable bonds is 2. The quantitative estimate of drug-likeness (QED) is 0.865. The molecular weight excluding hydrogens is 227 g/mol. The Kier molecular flexibility index (Phi) is 2.75. The van der Waals surface area contributed by atoms with Crippen molar-refractivity contribution in [3.8, 4) is 11.1 Å². The molecule has 0 radical (unpaired) electrons. The van der Waals surface area contributed by atoms with Gasteiger partial charge in [0.05, 0.1) is 0 Å². The van der Waals surface area contributed by atoms with Crippen LogP contribution in [-0.4, -0.2) is 11.1 Å². The molecule has 0 aliphatic carbocycles. The Labute approximate surface area is 96.0 Å². The van der Waals surface area contributed by atoms with Crippen molar-refractivity contribution in [3.05, 3.63) is 45.9 Å². The van der Waals surface area contributed by atoms with Crippen LogP contribution >= 0.6 is 11.3 Å². The highest BCUT2D eigenvalue weighted by molar-refractivity contribution is 7.12. The van der Waals surface area contributed by atoms with Crippen LogP contribution in [0.15, 0.2) is 29.6 Å². The second-order valence-electron chi connectivity index (χ2n) is 3.45. The van der Waals surface area contributed by atoms with E-state index in [0.29, 0.717) is 11.1 Å². The van der Waals surface area contributed by atoms with Gasteiger partial charge in [-0.25, -0.2) is 9.18 Å². The molecule has 16 heavy (non-hydrogen) atoms. The number of carbonyl (C=O) groups is 1. The van der Waals surface area contributed by atoms with E-state index >= 15 is 0 Å². The minimum atomic E-state index is -1.02. The van der Waals surface area contributed by atoms with Crippen LogP contribution in [0, 0.1) is 12.7 Å². The predicted octanol–water partition coefficient (Wildman–Crippen LogP) is 3.56. The molecule has 0 spiro atoms. The smallest absolute Gasteiger partial charge is 0.346 e. The van der Waals surface area contributed by atoms with E-state index in [1.54, 1.807) is 23.6 Å². The summed E-state index contributed by atoms with van der Waals surface area (Å²) in [4.78, 5) is 11.1. The first kappa shape index (κ1) is 10.8. The van der Waals surface area contributed by atoms with Crippen LogP contribution in [0.25, 0.3) is 11.1 Å². The summed E-state index contributed by atoms with van der Waals surface area (Å²) in [5, 5.41) is 10.6. The van der Waals surface area contributed by atoms with Crippen LogP contribution in [0.5, 0.6) is 0 Å². The third-order valence-corrected chi connectivity index (χ3v) is 3.17. The van der Waals surface area contributed by atoms with E-state index in [0.717, 1.165) is 16.9 Å². The summed E-state index contributed by atoms with van der Waals surface area (Å²) in [5.74, 6) is -1.42. The molecule has 82 valence electrons. The normalized spacial score (nSPS) is 10.4. The highest BCUT2D eigenvalue weighted by atomic mass is 32.1. The lowest BCUT2D eigenvalue weighted by Crippen LogP contribution is -1.96. The molecular formula is C12H9FO2S. The van der Waals surface area contributed by atoms with E-state index in [1.807, 2.05) is 6.92 Å². The molecule has 0 aliphatic heterocycles. The monoisotopic (exact) mass is 236 g/mol. The molecule has 0 amide bonds. The average molecular weight is 236 g/mol. The lowest BCUT2D eigenvalue weighted by molar-refractivity contribution is 0.0703. The third kappa shape index (κ3) is 1.84. The second kappa shape index (κ2) is 4.06. The van der Waals surface area contributed by atoms with Gasteiger partial charge in [-0.15, -0.1) is 11.3 Å². The van der Waals surface area contributed by atoms with Gasteiger partial charge in [0, 0.05) is 11.1 Å². The molecule has 0 saturated carbocycles. The summed E-state index contributed by atoms with van der Waals surface area (Å²) < 4.78 is 13.6. The Morgan fingerprint density at radius 1 is 1.31 bits per heavy atom. The molecule has 0 bridgehead atoms. The van der Waals surface area contributed by atoms with Gasteiger partial charge >= 0.3 is 5.97 Å². The Bertz CT molecular complexity index is 546. The molecule has 0 aliphatic rings. The minimum Gasteiger partial charge on any atom is -0.477 e. The molecule has 2 aromatic rings. The number of thiophene rings is 1. The first-order valence-corrected chi connectivity index (χ1v) is 5.55. The molecule has 1 aromatic heterocycles.